The number of thiophene rings is 8. The second-order valence-corrected chi connectivity index (χ2v) is 35.0. The van der Waals surface area contributed by atoms with Crippen LogP contribution >= 0.6 is 90.7 Å². The Morgan fingerprint density at radius 3 is 0.689 bits per heavy atom. The molecule has 0 unspecified atom stereocenters. The van der Waals surface area contributed by atoms with Crippen molar-refractivity contribution in [3.8, 4) is 58.5 Å². The van der Waals surface area contributed by atoms with Gasteiger partial charge in [-0.15, -0.1) is 90.7 Å². The van der Waals surface area contributed by atoms with Gasteiger partial charge >= 0.3 is 0 Å². The molecule has 0 fully saturated rings. The minimum Gasteiger partial charge on any atom is -0.143 e. The van der Waals surface area contributed by atoms with Crippen molar-refractivity contribution >= 4 is 90.7 Å². The Labute approximate surface area is 582 Å². The van der Waals surface area contributed by atoms with Crippen molar-refractivity contribution < 1.29 is 0 Å². The summed E-state index contributed by atoms with van der Waals surface area (Å²) in [6.07, 6.45) is 62.7. The molecule has 0 aromatic carbocycles. The van der Waals surface area contributed by atoms with Crippen LogP contribution in [0.2, 0.25) is 0 Å². The van der Waals surface area contributed by atoms with E-state index in [-0.39, 0.29) is 0 Å². The lowest BCUT2D eigenvalue weighted by Crippen LogP contribution is -1.88. The van der Waals surface area contributed by atoms with Crippen molar-refractivity contribution in [2.45, 2.75) is 323 Å². The number of aryl methyl sites for hydroxylation is 6. The Kier molecular flexibility index (Phi) is 36.2. The van der Waals surface area contributed by atoms with Gasteiger partial charge in [-0.2, -0.15) is 0 Å². The van der Waals surface area contributed by atoms with E-state index in [1.165, 1.54) is 331 Å². The third-order valence-corrected chi connectivity index (χ3v) is 28.7. The van der Waals surface area contributed by atoms with Crippen LogP contribution in [0.4, 0.5) is 0 Å². The molecule has 0 aliphatic carbocycles. The van der Waals surface area contributed by atoms with Gasteiger partial charge in [-0.1, -0.05) is 259 Å². The SMILES string of the molecule is CCCCCCCCCCCCc1ccsc1-c1ccc(-c2ccc(-c3sc(CCc4cc(CCCCCCCCCCCC)c(-c5ccc(-c6ccc(-c7sccc7CCCCCCCCCCCC)s6)s5)s4)cc3CCCCCCCCCCCC)s2)s1. The second-order valence-electron chi connectivity index (χ2n) is 26.6. The first-order valence-electron chi connectivity index (χ1n) is 37.3. The average molecular weight is 1360 g/mol. The molecule has 0 amide bonds. The monoisotopic (exact) mass is 1360 g/mol. The van der Waals surface area contributed by atoms with Gasteiger partial charge in [0.1, 0.15) is 0 Å². The predicted octanol–water partition coefficient (Wildman–Crippen LogP) is 31.8. The molecule has 90 heavy (non-hydrogen) atoms. The molecular weight excluding hydrogens is 1240 g/mol. The zero-order valence-electron chi connectivity index (χ0n) is 56.9. The van der Waals surface area contributed by atoms with Gasteiger partial charge in [-0.3, -0.25) is 0 Å². The van der Waals surface area contributed by atoms with Crippen molar-refractivity contribution in [3.05, 3.63) is 116 Å². The summed E-state index contributed by atoms with van der Waals surface area (Å²) in [7, 11) is 0. The summed E-state index contributed by atoms with van der Waals surface area (Å²) in [6, 6.07) is 29.6. The molecule has 8 aromatic rings. The van der Waals surface area contributed by atoms with Gasteiger partial charge < -0.3 is 0 Å². The van der Waals surface area contributed by atoms with Crippen LogP contribution in [-0.2, 0) is 38.5 Å². The van der Waals surface area contributed by atoms with Crippen molar-refractivity contribution in [1.82, 2.24) is 0 Å². The van der Waals surface area contributed by atoms with Crippen LogP contribution in [0.1, 0.15) is 317 Å². The minimum absolute atomic E-state index is 1.12. The highest BCUT2D eigenvalue weighted by atomic mass is 32.1. The molecule has 0 aliphatic rings. The number of unbranched alkanes of at least 4 members (excludes halogenated alkanes) is 36. The van der Waals surface area contributed by atoms with Gasteiger partial charge in [0.05, 0.1) is 0 Å². The van der Waals surface area contributed by atoms with E-state index in [4.69, 9.17) is 0 Å². The predicted molar refractivity (Wildman–Crippen MR) is 418 cm³/mol. The van der Waals surface area contributed by atoms with Crippen molar-refractivity contribution in [2.75, 3.05) is 0 Å². The summed E-state index contributed by atoms with van der Waals surface area (Å²) in [5, 5.41) is 4.67. The van der Waals surface area contributed by atoms with Gasteiger partial charge in [0, 0.05) is 68.3 Å². The minimum atomic E-state index is 1.12. The summed E-state index contributed by atoms with van der Waals surface area (Å²) >= 11 is 16.2. The van der Waals surface area contributed by atoms with Gasteiger partial charge in [0.25, 0.3) is 0 Å². The maximum absolute atomic E-state index is 2.65. The highest BCUT2D eigenvalue weighted by Crippen LogP contribution is 2.48. The van der Waals surface area contributed by atoms with E-state index in [2.05, 4.69) is 134 Å². The topological polar surface area (TPSA) is 0 Å². The first kappa shape index (κ1) is 73.4. The van der Waals surface area contributed by atoms with Crippen LogP contribution in [0.15, 0.2) is 83.6 Å². The van der Waals surface area contributed by atoms with Crippen LogP contribution in [0.5, 0.6) is 0 Å². The van der Waals surface area contributed by atoms with Crippen LogP contribution in [0, 0.1) is 0 Å². The third kappa shape index (κ3) is 25.6. The van der Waals surface area contributed by atoms with Crippen LogP contribution in [0.25, 0.3) is 58.5 Å². The molecular formula is C82H118S8. The summed E-state index contributed by atoms with van der Waals surface area (Å²) in [5.41, 5.74) is 6.33. The number of hydrogen-bond acceptors (Lipinski definition) is 8. The Morgan fingerprint density at radius 2 is 0.422 bits per heavy atom. The molecule has 0 saturated heterocycles. The smallest absolute Gasteiger partial charge is 0.0477 e. The molecule has 0 nitrogen and oxygen atoms in total. The highest BCUT2D eigenvalue weighted by molar-refractivity contribution is 7.29. The van der Waals surface area contributed by atoms with Gasteiger partial charge in [0.15, 0.2) is 0 Å². The summed E-state index contributed by atoms with van der Waals surface area (Å²) in [6.45, 7) is 9.29. The fourth-order valence-electron chi connectivity index (χ4n) is 13.3. The fraction of sp³-hybridized carbons (Fsp3) is 0.610. The normalized spacial score (nSPS) is 11.8. The zero-order valence-corrected chi connectivity index (χ0v) is 63.4. The van der Waals surface area contributed by atoms with E-state index in [1.54, 1.807) is 41.8 Å². The Morgan fingerprint density at radius 1 is 0.200 bits per heavy atom. The summed E-state index contributed by atoms with van der Waals surface area (Å²) in [5.74, 6) is 0. The lowest BCUT2D eigenvalue weighted by atomic mass is 10.0. The lowest BCUT2D eigenvalue weighted by Gasteiger charge is -2.04. The van der Waals surface area contributed by atoms with E-state index in [0.717, 1.165) is 12.8 Å². The van der Waals surface area contributed by atoms with Gasteiger partial charge in [0.2, 0.25) is 0 Å². The number of rotatable bonds is 53. The molecule has 8 aromatic heterocycles. The molecule has 8 rings (SSSR count). The maximum atomic E-state index is 2.65. The second kappa shape index (κ2) is 44.4. The van der Waals surface area contributed by atoms with Crippen LogP contribution in [0.3, 0.4) is 0 Å². The molecule has 0 aliphatic heterocycles. The fourth-order valence-corrected chi connectivity index (χ4v) is 22.5. The highest BCUT2D eigenvalue weighted by Gasteiger charge is 2.20. The van der Waals surface area contributed by atoms with E-state index >= 15 is 0 Å². The standard InChI is InChI=1S/C82H118S8/c1-5-9-13-17-21-25-29-33-37-41-45-65-59-61-83-79(65)75-55-51-71(87-75)73-53-57-77(89-73)81-67(47-43-39-35-31-27-23-19-15-11-7-3)63-69(85-81)49-50-70-64-68(48-44-40-36-32-28-24-20-16-12-8-4)82(86-70)78-58-54-74(90-78)72-52-56-76(88-72)80-66(60-62-84-80)46-42-38-34-30-26-22-18-14-10-6-2/h51-64H,5-50H2,1-4H3. The van der Waals surface area contributed by atoms with Crippen molar-refractivity contribution in [3.63, 3.8) is 0 Å². The number of hydrogen-bond donors (Lipinski definition) is 0. The summed E-state index contributed by atoms with van der Waals surface area (Å²) in [4.78, 5) is 20.8. The molecule has 0 saturated carbocycles. The molecule has 0 radical (unpaired) electrons. The van der Waals surface area contributed by atoms with Crippen molar-refractivity contribution in [2.24, 2.45) is 0 Å². The molecule has 0 bridgehead atoms. The Bertz CT molecular complexity index is 2870. The molecule has 8 heterocycles. The first-order valence-corrected chi connectivity index (χ1v) is 44.0. The first-order chi connectivity index (χ1) is 44.5. The molecule has 0 N–H and O–H groups in total. The lowest BCUT2D eigenvalue weighted by molar-refractivity contribution is 0.556. The van der Waals surface area contributed by atoms with E-state index < -0.39 is 0 Å². The summed E-state index contributed by atoms with van der Waals surface area (Å²) < 4.78 is 0. The Hall–Kier alpha value is -2.40. The van der Waals surface area contributed by atoms with Crippen LogP contribution < -0.4 is 0 Å². The van der Waals surface area contributed by atoms with Crippen molar-refractivity contribution in [1.29, 1.82) is 0 Å². The van der Waals surface area contributed by atoms with E-state index in [0.29, 0.717) is 0 Å². The maximum Gasteiger partial charge on any atom is 0.0477 e. The average Bonchev–Trinajstić information content (AvgIpc) is 2.48. The van der Waals surface area contributed by atoms with E-state index in [9.17, 15) is 0 Å². The van der Waals surface area contributed by atoms with Gasteiger partial charge in [-0.25, -0.2) is 0 Å². The molecule has 0 atom stereocenters. The molecule has 494 valence electrons. The largest absolute Gasteiger partial charge is 0.143 e. The zero-order chi connectivity index (χ0) is 62.5. The van der Waals surface area contributed by atoms with Gasteiger partial charge in [-0.05, 0) is 170 Å². The van der Waals surface area contributed by atoms with E-state index in [1.807, 2.05) is 68.0 Å². The third-order valence-electron chi connectivity index (χ3n) is 18.8. The molecule has 8 heteroatoms. The Balaban J connectivity index is 0.920. The quantitative estimate of drug-likeness (QED) is 0.0333. The molecule has 0 spiro atoms. The van der Waals surface area contributed by atoms with Crippen LogP contribution in [-0.4, -0.2) is 0 Å².